The van der Waals surface area contributed by atoms with Crippen LogP contribution in [-0.2, 0) is 10.0 Å². The lowest BCUT2D eigenvalue weighted by molar-refractivity contribution is 0.0697. The van der Waals surface area contributed by atoms with Gasteiger partial charge in [-0.05, 0) is 30.7 Å². The second kappa shape index (κ2) is 6.04. The second-order valence-corrected chi connectivity index (χ2v) is 8.18. The molecule has 0 aliphatic rings. The van der Waals surface area contributed by atoms with Crippen molar-refractivity contribution in [3.63, 3.8) is 0 Å². The maximum absolute atomic E-state index is 13.3. The predicted octanol–water partition coefficient (Wildman–Crippen LogP) is 4.00. The third-order valence-corrected chi connectivity index (χ3v) is 5.78. The highest BCUT2D eigenvalue weighted by Crippen LogP contribution is 2.36. The highest BCUT2D eigenvalue weighted by atomic mass is 35.5. The van der Waals surface area contributed by atoms with E-state index in [-0.39, 0.29) is 24.8 Å². The zero-order valence-corrected chi connectivity index (χ0v) is 14.0. The molecule has 0 radical (unpaired) electrons. The van der Waals surface area contributed by atoms with Gasteiger partial charge in [0.15, 0.2) is 0 Å². The number of benzene rings is 1. The summed E-state index contributed by atoms with van der Waals surface area (Å²) in [5.41, 5.74) is -0.607. The Balaban J connectivity index is 2.55. The molecule has 0 bridgehead atoms. The van der Waals surface area contributed by atoms with Crippen LogP contribution >= 0.6 is 34.5 Å². The lowest BCUT2D eigenvalue weighted by Crippen LogP contribution is -2.16. The van der Waals surface area contributed by atoms with Crippen molar-refractivity contribution >= 4 is 56.2 Å². The van der Waals surface area contributed by atoms with Crippen LogP contribution in [0.25, 0.3) is 0 Å². The first-order chi connectivity index (χ1) is 10.1. The topological polar surface area (TPSA) is 83.5 Å². The Bertz CT molecular complexity index is 864. The van der Waals surface area contributed by atoms with E-state index in [1.165, 1.54) is 6.92 Å². The number of aryl methyl sites for hydroxylation is 1. The minimum absolute atomic E-state index is 0.0610. The molecule has 0 amide bonds. The van der Waals surface area contributed by atoms with E-state index in [2.05, 4.69) is 4.72 Å². The zero-order valence-electron chi connectivity index (χ0n) is 10.9. The van der Waals surface area contributed by atoms with Crippen LogP contribution in [0.5, 0.6) is 0 Å². The van der Waals surface area contributed by atoms with Crippen molar-refractivity contribution < 1.29 is 22.7 Å². The maximum Gasteiger partial charge on any atom is 0.337 e. The van der Waals surface area contributed by atoms with Gasteiger partial charge in [0.1, 0.15) is 15.0 Å². The Morgan fingerprint density at radius 2 is 1.95 bits per heavy atom. The summed E-state index contributed by atoms with van der Waals surface area (Å²) >= 11 is 12.4. The molecular weight excluding hydrogens is 376 g/mol. The van der Waals surface area contributed by atoms with E-state index in [0.717, 1.165) is 29.5 Å². The molecule has 118 valence electrons. The summed E-state index contributed by atoms with van der Waals surface area (Å²) in [4.78, 5) is 10.9. The molecule has 0 saturated heterocycles. The summed E-state index contributed by atoms with van der Waals surface area (Å²) in [5.74, 6) is -2.25. The number of hydrogen-bond acceptors (Lipinski definition) is 4. The first-order valence-electron chi connectivity index (χ1n) is 5.63. The monoisotopic (exact) mass is 383 g/mol. The molecule has 1 heterocycles. The largest absolute Gasteiger partial charge is 0.478 e. The van der Waals surface area contributed by atoms with Crippen LogP contribution in [0.2, 0.25) is 8.67 Å². The fraction of sp³-hybridized carbons (Fsp3) is 0.0833. The third-order valence-electron chi connectivity index (χ3n) is 2.68. The average Bonchev–Trinajstić information content (AvgIpc) is 2.72. The normalized spacial score (nSPS) is 11.5. The number of nitrogens with one attached hydrogen (secondary N) is 1. The number of carboxylic acids is 1. The van der Waals surface area contributed by atoms with Gasteiger partial charge < -0.3 is 5.11 Å². The van der Waals surface area contributed by atoms with Gasteiger partial charge in [0.25, 0.3) is 10.0 Å². The van der Waals surface area contributed by atoms with E-state index in [1.807, 2.05) is 0 Å². The SMILES string of the molecule is Cc1cc(F)cc(C(=O)O)c1NS(=O)(=O)c1cc(Cl)sc1Cl. The van der Waals surface area contributed by atoms with E-state index in [0.29, 0.717) is 0 Å². The minimum Gasteiger partial charge on any atom is -0.478 e. The molecule has 0 aliphatic carbocycles. The molecular formula is C12H8Cl2FNO4S2. The zero-order chi connectivity index (χ0) is 16.7. The summed E-state index contributed by atoms with van der Waals surface area (Å²) < 4.78 is 40.2. The summed E-state index contributed by atoms with van der Waals surface area (Å²) in [6.07, 6.45) is 0. The van der Waals surface area contributed by atoms with E-state index >= 15 is 0 Å². The first kappa shape index (κ1) is 17.0. The number of carbonyl (C=O) groups is 1. The number of sulfonamides is 1. The van der Waals surface area contributed by atoms with Crippen LogP contribution in [0.1, 0.15) is 15.9 Å². The quantitative estimate of drug-likeness (QED) is 0.835. The number of thiophene rings is 1. The Hall–Kier alpha value is -1.35. The van der Waals surface area contributed by atoms with Crippen molar-refractivity contribution in [2.45, 2.75) is 11.8 Å². The van der Waals surface area contributed by atoms with Gasteiger partial charge in [-0.25, -0.2) is 17.6 Å². The van der Waals surface area contributed by atoms with E-state index in [9.17, 15) is 17.6 Å². The summed E-state index contributed by atoms with van der Waals surface area (Å²) in [6.45, 7) is 1.38. The van der Waals surface area contributed by atoms with Crippen LogP contribution in [0.15, 0.2) is 23.1 Å². The highest BCUT2D eigenvalue weighted by molar-refractivity contribution is 7.93. The number of carboxylic acid groups (broad SMARTS) is 1. The standard InChI is InChI=1S/C12H8Cl2FNO4S2/c1-5-2-6(15)3-7(12(17)18)10(5)16-22(19,20)8-4-9(13)21-11(8)14/h2-4,16H,1H3,(H,17,18). The van der Waals surface area contributed by atoms with Gasteiger partial charge in [-0.2, -0.15) is 0 Å². The number of aromatic carboxylic acids is 1. The average molecular weight is 384 g/mol. The smallest absolute Gasteiger partial charge is 0.337 e. The molecule has 0 aliphatic heterocycles. The molecule has 2 rings (SSSR count). The van der Waals surface area contributed by atoms with Crippen LogP contribution < -0.4 is 4.72 Å². The summed E-state index contributed by atoms with van der Waals surface area (Å²) in [6, 6.07) is 2.90. The van der Waals surface area contributed by atoms with Crippen molar-refractivity contribution in [1.29, 1.82) is 0 Å². The summed E-state index contributed by atoms with van der Waals surface area (Å²) in [5, 5.41) is 9.09. The molecule has 22 heavy (non-hydrogen) atoms. The molecule has 5 nitrogen and oxygen atoms in total. The van der Waals surface area contributed by atoms with Crippen LogP contribution in [-0.4, -0.2) is 19.5 Å². The van der Waals surface area contributed by atoms with Crippen LogP contribution in [0, 0.1) is 12.7 Å². The van der Waals surface area contributed by atoms with E-state index < -0.39 is 27.4 Å². The number of hydrogen-bond donors (Lipinski definition) is 2. The number of anilines is 1. The lowest BCUT2D eigenvalue weighted by Gasteiger charge is -2.13. The van der Waals surface area contributed by atoms with Gasteiger partial charge in [0, 0.05) is 0 Å². The van der Waals surface area contributed by atoms with Crippen molar-refractivity contribution in [2.75, 3.05) is 4.72 Å². The van der Waals surface area contributed by atoms with Crippen molar-refractivity contribution in [3.05, 3.63) is 43.8 Å². The lowest BCUT2D eigenvalue weighted by atomic mass is 10.1. The second-order valence-electron chi connectivity index (χ2n) is 4.24. The molecule has 10 heteroatoms. The fourth-order valence-electron chi connectivity index (χ4n) is 1.75. The number of rotatable bonds is 4. The van der Waals surface area contributed by atoms with Crippen molar-refractivity contribution in [3.8, 4) is 0 Å². The minimum atomic E-state index is -4.16. The highest BCUT2D eigenvalue weighted by Gasteiger charge is 2.25. The third kappa shape index (κ3) is 3.35. The van der Waals surface area contributed by atoms with Gasteiger partial charge in [-0.1, -0.05) is 23.2 Å². The molecule has 0 atom stereocenters. The predicted molar refractivity (Wildman–Crippen MR) is 83.2 cm³/mol. The van der Waals surface area contributed by atoms with Crippen LogP contribution in [0.4, 0.5) is 10.1 Å². The Morgan fingerprint density at radius 3 is 2.45 bits per heavy atom. The maximum atomic E-state index is 13.3. The molecule has 2 N–H and O–H groups in total. The Labute approximate surface area is 139 Å². The van der Waals surface area contributed by atoms with Gasteiger partial charge in [0.2, 0.25) is 0 Å². The van der Waals surface area contributed by atoms with Gasteiger partial charge in [0.05, 0.1) is 15.6 Å². The Kier molecular flexibility index (Phi) is 4.67. The summed E-state index contributed by atoms with van der Waals surface area (Å²) in [7, 11) is -4.16. The van der Waals surface area contributed by atoms with E-state index in [4.69, 9.17) is 28.3 Å². The Morgan fingerprint density at radius 1 is 1.32 bits per heavy atom. The molecule has 0 fully saturated rings. The van der Waals surface area contributed by atoms with E-state index in [1.54, 1.807) is 0 Å². The molecule has 1 aromatic carbocycles. The molecule has 2 aromatic rings. The van der Waals surface area contributed by atoms with Gasteiger partial charge in [-0.3, -0.25) is 4.72 Å². The molecule has 1 aromatic heterocycles. The van der Waals surface area contributed by atoms with Gasteiger partial charge >= 0.3 is 5.97 Å². The molecule has 0 saturated carbocycles. The molecule has 0 spiro atoms. The fourth-order valence-corrected chi connectivity index (χ4v) is 5.05. The van der Waals surface area contributed by atoms with Gasteiger partial charge in [-0.15, -0.1) is 11.3 Å². The van der Waals surface area contributed by atoms with Crippen molar-refractivity contribution in [1.82, 2.24) is 0 Å². The van der Waals surface area contributed by atoms with Crippen LogP contribution in [0.3, 0.4) is 0 Å². The van der Waals surface area contributed by atoms with Crippen molar-refractivity contribution in [2.24, 2.45) is 0 Å². The number of halogens is 3. The first-order valence-corrected chi connectivity index (χ1v) is 8.68. The molecule has 0 unspecified atom stereocenters.